The van der Waals surface area contributed by atoms with Crippen LogP contribution in [0.4, 0.5) is 0 Å². The standard InChI is InChI=1S/C31H48NO3/c1-4-5-6-7-8-9-10-11-15-20-29-21-16-17-22-30(29)34-25-26-35-31(33)23-24-32(2,3)27-28-18-13-12-14-19-28/h12-14,16-19,21-22H,4-11,15,20,23-27H2,1-3H3/q+1. The van der Waals surface area contributed by atoms with E-state index in [1.807, 2.05) is 18.2 Å². The van der Waals surface area contributed by atoms with Crippen molar-refractivity contribution in [1.82, 2.24) is 0 Å². The van der Waals surface area contributed by atoms with Gasteiger partial charge in [-0.2, -0.15) is 0 Å². The fraction of sp³-hybridized carbons (Fsp3) is 0.581. The van der Waals surface area contributed by atoms with Gasteiger partial charge in [-0.1, -0.05) is 107 Å². The molecule has 0 heterocycles. The van der Waals surface area contributed by atoms with Crippen LogP contribution in [0.3, 0.4) is 0 Å². The summed E-state index contributed by atoms with van der Waals surface area (Å²) in [5.41, 5.74) is 2.53. The number of ether oxygens (including phenoxy) is 2. The van der Waals surface area contributed by atoms with Crippen LogP contribution in [-0.2, 0) is 22.5 Å². The van der Waals surface area contributed by atoms with Gasteiger partial charge < -0.3 is 14.0 Å². The molecule has 4 heteroatoms. The molecule has 0 unspecified atom stereocenters. The van der Waals surface area contributed by atoms with Crippen molar-refractivity contribution in [3.05, 3.63) is 65.7 Å². The molecule has 0 saturated carbocycles. The summed E-state index contributed by atoms with van der Waals surface area (Å²) in [4.78, 5) is 12.2. The first-order valence-corrected chi connectivity index (χ1v) is 13.7. The molecule has 2 aromatic rings. The van der Waals surface area contributed by atoms with Gasteiger partial charge in [-0.15, -0.1) is 0 Å². The van der Waals surface area contributed by atoms with Crippen molar-refractivity contribution in [2.24, 2.45) is 0 Å². The van der Waals surface area contributed by atoms with E-state index in [0.29, 0.717) is 13.0 Å². The minimum absolute atomic E-state index is 0.157. The summed E-state index contributed by atoms with van der Waals surface area (Å²) in [7, 11) is 4.29. The summed E-state index contributed by atoms with van der Waals surface area (Å²) >= 11 is 0. The molecule has 0 atom stereocenters. The number of esters is 1. The first-order valence-electron chi connectivity index (χ1n) is 13.7. The number of hydrogen-bond acceptors (Lipinski definition) is 3. The van der Waals surface area contributed by atoms with E-state index in [1.165, 1.54) is 68.9 Å². The Kier molecular flexibility index (Phi) is 14.2. The van der Waals surface area contributed by atoms with Gasteiger partial charge in [0.05, 0.1) is 27.1 Å². The van der Waals surface area contributed by atoms with Gasteiger partial charge >= 0.3 is 5.97 Å². The molecule has 0 fully saturated rings. The van der Waals surface area contributed by atoms with Gasteiger partial charge in [-0.25, -0.2) is 0 Å². The fourth-order valence-electron chi connectivity index (χ4n) is 4.41. The molecule has 0 bridgehead atoms. The molecule has 2 rings (SSSR count). The van der Waals surface area contributed by atoms with E-state index in [1.54, 1.807) is 0 Å². The number of carbonyl (C=O) groups excluding carboxylic acids is 1. The van der Waals surface area contributed by atoms with E-state index in [4.69, 9.17) is 9.47 Å². The highest BCUT2D eigenvalue weighted by Gasteiger charge is 2.18. The highest BCUT2D eigenvalue weighted by Crippen LogP contribution is 2.21. The summed E-state index contributed by atoms with van der Waals surface area (Å²) in [6.45, 7) is 4.59. The maximum Gasteiger partial charge on any atom is 0.311 e. The molecule has 2 aromatic carbocycles. The van der Waals surface area contributed by atoms with E-state index < -0.39 is 0 Å². The fourth-order valence-corrected chi connectivity index (χ4v) is 4.41. The zero-order valence-electron chi connectivity index (χ0n) is 22.5. The van der Waals surface area contributed by atoms with E-state index in [0.717, 1.165) is 29.7 Å². The van der Waals surface area contributed by atoms with Gasteiger partial charge in [0.1, 0.15) is 25.5 Å². The molecule has 0 aliphatic rings. The molecule has 0 saturated heterocycles. The number of para-hydroxylation sites is 1. The minimum Gasteiger partial charge on any atom is -0.490 e. The van der Waals surface area contributed by atoms with Crippen LogP contribution >= 0.6 is 0 Å². The third-order valence-corrected chi connectivity index (χ3v) is 6.50. The Balaban J connectivity index is 1.59. The zero-order valence-corrected chi connectivity index (χ0v) is 22.5. The van der Waals surface area contributed by atoms with Crippen molar-refractivity contribution >= 4 is 5.97 Å². The number of unbranched alkanes of at least 4 members (excludes halogenated alkanes) is 8. The first kappa shape index (κ1) is 28.9. The topological polar surface area (TPSA) is 35.5 Å². The highest BCUT2D eigenvalue weighted by molar-refractivity contribution is 5.69. The largest absolute Gasteiger partial charge is 0.490 e. The Morgan fingerprint density at radius 3 is 2.11 bits per heavy atom. The summed E-state index contributed by atoms with van der Waals surface area (Å²) in [6.07, 6.45) is 13.5. The lowest BCUT2D eigenvalue weighted by Crippen LogP contribution is -2.40. The molecule has 0 radical (unpaired) electrons. The van der Waals surface area contributed by atoms with Gasteiger partial charge in [0.2, 0.25) is 0 Å². The molecule has 35 heavy (non-hydrogen) atoms. The van der Waals surface area contributed by atoms with Crippen LogP contribution in [0.15, 0.2) is 54.6 Å². The number of quaternary nitrogens is 1. The van der Waals surface area contributed by atoms with Crippen molar-refractivity contribution in [2.45, 2.75) is 84.1 Å². The number of rotatable bonds is 19. The van der Waals surface area contributed by atoms with Crippen LogP contribution in [0.1, 0.15) is 82.3 Å². The third kappa shape index (κ3) is 13.4. The second-order valence-corrected chi connectivity index (χ2v) is 10.3. The summed E-state index contributed by atoms with van der Waals surface area (Å²) in [6, 6.07) is 18.6. The Morgan fingerprint density at radius 2 is 1.40 bits per heavy atom. The number of benzene rings is 2. The highest BCUT2D eigenvalue weighted by atomic mass is 16.6. The molecule has 0 aliphatic heterocycles. The van der Waals surface area contributed by atoms with Crippen molar-refractivity contribution in [1.29, 1.82) is 0 Å². The molecule has 194 valence electrons. The summed E-state index contributed by atoms with van der Waals surface area (Å²) < 4.78 is 12.2. The lowest BCUT2D eigenvalue weighted by molar-refractivity contribution is -0.903. The van der Waals surface area contributed by atoms with Gasteiger partial charge in [-0.05, 0) is 24.5 Å². The van der Waals surface area contributed by atoms with Crippen LogP contribution in [0.25, 0.3) is 0 Å². The van der Waals surface area contributed by atoms with Gasteiger partial charge in [-0.3, -0.25) is 4.79 Å². The molecular formula is C31H48NO3+. The molecular weight excluding hydrogens is 434 g/mol. The molecule has 0 aromatic heterocycles. The first-order chi connectivity index (χ1) is 17.0. The van der Waals surface area contributed by atoms with E-state index in [-0.39, 0.29) is 12.6 Å². The quantitative estimate of drug-likeness (QED) is 0.119. The van der Waals surface area contributed by atoms with Crippen LogP contribution < -0.4 is 4.74 Å². The molecule has 4 nitrogen and oxygen atoms in total. The number of carbonyl (C=O) groups is 1. The third-order valence-electron chi connectivity index (χ3n) is 6.50. The van der Waals surface area contributed by atoms with E-state index in [2.05, 4.69) is 57.4 Å². The Bertz CT molecular complexity index is 819. The molecule has 0 spiro atoms. The lowest BCUT2D eigenvalue weighted by Gasteiger charge is -2.29. The normalized spacial score (nSPS) is 11.4. The monoisotopic (exact) mass is 482 g/mol. The van der Waals surface area contributed by atoms with E-state index >= 15 is 0 Å². The average molecular weight is 483 g/mol. The molecule has 0 amide bonds. The van der Waals surface area contributed by atoms with Gasteiger partial charge in [0.15, 0.2) is 0 Å². The van der Waals surface area contributed by atoms with Crippen molar-refractivity contribution < 1.29 is 18.8 Å². The zero-order chi connectivity index (χ0) is 25.2. The SMILES string of the molecule is CCCCCCCCCCCc1ccccc1OCCOC(=O)CC[N+](C)(C)Cc1ccccc1. The minimum atomic E-state index is -0.157. The van der Waals surface area contributed by atoms with Crippen LogP contribution in [0.2, 0.25) is 0 Å². The second kappa shape index (κ2) is 17.2. The maximum absolute atomic E-state index is 12.2. The second-order valence-electron chi connectivity index (χ2n) is 10.3. The van der Waals surface area contributed by atoms with Crippen molar-refractivity contribution in [3.63, 3.8) is 0 Å². The molecule has 0 aliphatic carbocycles. The maximum atomic E-state index is 12.2. The predicted octanol–water partition coefficient (Wildman–Crippen LogP) is 7.35. The Labute approximate surface area is 214 Å². The lowest BCUT2D eigenvalue weighted by atomic mass is 10.0. The predicted molar refractivity (Wildman–Crippen MR) is 146 cm³/mol. The Morgan fingerprint density at radius 1 is 0.771 bits per heavy atom. The van der Waals surface area contributed by atoms with E-state index in [9.17, 15) is 4.79 Å². The molecule has 0 N–H and O–H groups in total. The smallest absolute Gasteiger partial charge is 0.311 e. The number of nitrogens with zero attached hydrogens (tertiary/aromatic N) is 1. The summed E-state index contributed by atoms with van der Waals surface area (Å²) in [5.74, 6) is 0.764. The van der Waals surface area contributed by atoms with Gasteiger partial charge in [0.25, 0.3) is 0 Å². The van der Waals surface area contributed by atoms with Gasteiger partial charge in [0, 0.05) is 5.56 Å². The van der Waals surface area contributed by atoms with Crippen molar-refractivity contribution in [2.75, 3.05) is 33.9 Å². The van der Waals surface area contributed by atoms with Crippen LogP contribution in [0, 0.1) is 0 Å². The van der Waals surface area contributed by atoms with Crippen LogP contribution in [-0.4, -0.2) is 44.3 Å². The average Bonchev–Trinajstić information content (AvgIpc) is 2.85. The Hall–Kier alpha value is -2.33. The number of hydrogen-bond donors (Lipinski definition) is 0. The van der Waals surface area contributed by atoms with Crippen molar-refractivity contribution in [3.8, 4) is 5.75 Å². The number of aryl methyl sites for hydroxylation is 1. The summed E-state index contributed by atoms with van der Waals surface area (Å²) in [5, 5.41) is 0. The van der Waals surface area contributed by atoms with Crippen LogP contribution in [0.5, 0.6) is 5.75 Å².